The molecular formula is C29H34FN5O3S2. The Morgan fingerprint density at radius 3 is 2.40 bits per heavy atom. The van der Waals surface area contributed by atoms with E-state index in [-0.39, 0.29) is 22.8 Å². The van der Waals surface area contributed by atoms with E-state index >= 15 is 0 Å². The van der Waals surface area contributed by atoms with Crippen molar-refractivity contribution in [2.45, 2.75) is 40.2 Å². The number of pyridine rings is 1. The van der Waals surface area contributed by atoms with Crippen LogP contribution >= 0.6 is 24.0 Å². The van der Waals surface area contributed by atoms with Crippen LogP contribution in [0.2, 0.25) is 0 Å². The van der Waals surface area contributed by atoms with E-state index in [1.165, 1.54) is 23.9 Å². The molecule has 2 aliphatic heterocycles. The van der Waals surface area contributed by atoms with Crippen molar-refractivity contribution >= 4 is 51.8 Å². The first-order valence-corrected chi connectivity index (χ1v) is 14.8. The Morgan fingerprint density at radius 2 is 1.77 bits per heavy atom. The average Bonchev–Trinajstić information content (AvgIpc) is 3.22. The van der Waals surface area contributed by atoms with E-state index in [0.717, 1.165) is 5.69 Å². The largest absolute Gasteiger partial charge is 0.382 e. The minimum atomic E-state index is -0.321. The van der Waals surface area contributed by atoms with Gasteiger partial charge in [-0.3, -0.25) is 19.1 Å². The second kappa shape index (κ2) is 13.4. The summed E-state index contributed by atoms with van der Waals surface area (Å²) in [7, 11) is 0. The highest BCUT2D eigenvalue weighted by molar-refractivity contribution is 8.26. The average molecular weight is 584 g/mol. The normalized spacial score (nSPS) is 16.8. The molecule has 8 nitrogen and oxygen atoms in total. The first-order valence-electron chi connectivity index (χ1n) is 13.6. The maximum Gasteiger partial charge on any atom is 0.270 e. The topological polar surface area (TPSA) is 81.8 Å². The molecule has 1 aromatic heterocycles. The summed E-state index contributed by atoms with van der Waals surface area (Å²) in [6.45, 7) is 10.3. The summed E-state index contributed by atoms with van der Waals surface area (Å²) in [5.74, 6) is 0.261. The van der Waals surface area contributed by atoms with Gasteiger partial charge in [-0.1, -0.05) is 30.9 Å². The van der Waals surface area contributed by atoms with Gasteiger partial charge in [-0.15, -0.1) is 0 Å². The van der Waals surface area contributed by atoms with Crippen molar-refractivity contribution in [2.75, 3.05) is 55.7 Å². The molecular weight excluding hydrogens is 549 g/mol. The number of nitrogens with zero attached hydrogens (tertiary/aromatic N) is 5. The van der Waals surface area contributed by atoms with E-state index in [1.54, 1.807) is 34.6 Å². The summed E-state index contributed by atoms with van der Waals surface area (Å²) in [5.41, 5.74) is 1.95. The molecule has 0 N–H and O–H groups in total. The van der Waals surface area contributed by atoms with E-state index in [9.17, 15) is 19.2 Å². The highest BCUT2D eigenvalue weighted by atomic mass is 32.2. The third kappa shape index (κ3) is 6.24. The Hall–Kier alpha value is -3.20. The van der Waals surface area contributed by atoms with Crippen molar-refractivity contribution in [3.05, 3.63) is 62.0 Å². The molecule has 2 aromatic rings. The monoisotopic (exact) mass is 583 g/mol. The molecule has 0 unspecified atom stereocenters. The number of hydrogen-bond acceptors (Lipinski definition) is 8. The van der Waals surface area contributed by atoms with Crippen LogP contribution < -0.4 is 15.4 Å². The lowest BCUT2D eigenvalue weighted by atomic mass is 10.0. The molecule has 40 heavy (non-hydrogen) atoms. The van der Waals surface area contributed by atoms with Gasteiger partial charge in [0.05, 0.1) is 4.91 Å². The highest BCUT2D eigenvalue weighted by Gasteiger charge is 2.33. The number of ether oxygens (including phenoxy) is 1. The first kappa shape index (κ1) is 29.8. The fourth-order valence-electron chi connectivity index (χ4n) is 5.04. The molecule has 0 aliphatic carbocycles. The third-order valence-electron chi connectivity index (χ3n) is 7.09. The fraction of sp³-hybridized carbons (Fsp3) is 0.448. The molecule has 3 heterocycles. The van der Waals surface area contributed by atoms with Crippen LogP contribution in [0.5, 0.6) is 0 Å². The number of thiocarbonyl (C=S) groups is 1. The highest BCUT2D eigenvalue weighted by Crippen LogP contribution is 2.36. The molecule has 2 saturated heterocycles. The molecule has 1 aromatic carbocycles. The smallest absolute Gasteiger partial charge is 0.270 e. The molecule has 0 spiro atoms. The number of carbonyl (C=O) groups excluding carboxylic acids is 1. The van der Waals surface area contributed by atoms with Gasteiger partial charge in [-0.2, -0.15) is 5.26 Å². The predicted molar refractivity (Wildman–Crippen MR) is 162 cm³/mol. The number of halogens is 1. The maximum atomic E-state index is 13.5. The molecule has 2 fully saturated rings. The van der Waals surface area contributed by atoms with Crippen LogP contribution in [0.15, 0.2) is 34.0 Å². The SMILES string of the molecule is CCCn1c(N2CCN(c3ccc(F)cc3)CC2)c(/C=C2\SC(=S)N(CCCOCC)C2=O)c(C)c(C#N)c1=O. The quantitative estimate of drug-likeness (QED) is 0.229. The number of piperazine rings is 1. The zero-order valence-corrected chi connectivity index (χ0v) is 24.7. The van der Waals surface area contributed by atoms with Crippen LogP contribution in [-0.2, 0) is 16.1 Å². The van der Waals surface area contributed by atoms with Gasteiger partial charge in [0.25, 0.3) is 11.5 Å². The zero-order valence-electron chi connectivity index (χ0n) is 23.1. The summed E-state index contributed by atoms with van der Waals surface area (Å²) in [6.07, 6.45) is 3.18. The molecule has 0 bridgehead atoms. The van der Waals surface area contributed by atoms with Crippen LogP contribution in [0.4, 0.5) is 15.9 Å². The number of anilines is 2. The van der Waals surface area contributed by atoms with Crippen molar-refractivity contribution in [3.63, 3.8) is 0 Å². The van der Waals surface area contributed by atoms with Crippen molar-refractivity contribution in [1.82, 2.24) is 9.47 Å². The van der Waals surface area contributed by atoms with Gasteiger partial charge >= 0.3 is 0 Å². The minimum absolute atomic E-state index is 0.0839. The lowest BCUT2D eigenvalue weighted by molar-refractivity contribution is -0.122. The number of hydrogen-bond donors (Lipinski definition) is 0. The predicted octanol–water partition coefficient (Wildman–Crippen LogP) is 4.53. The van der Waals surface area contributed by atoms with E-state index in [2.05, 4.69) is 15.9 Å². The molecule has 0 saturated carbocycles. The standard InChI is InChI=1S/C29H34FN5O3S2/c1-4-11-34-26(33-15-13-32(14-16-33)22-9-7-21(30)8-10-22)23(20(3)24(19-31)27(34)36)18-25-28(37)35(29(39)40-25)12-6-17-38-5-2/h7-10,18H,4-6,11-17H2,1-3H3/b25-18-. The van der Waals surface area contributed by atoms with Crippen LogP contribution in [0, 0.1) is 24.1 Å². The molecule has 0 radical (unpaired) electrons. The lowest BCUT2D eigenvalue weighted by Gasteiger charge is -2.39. The van der Waals surface area contributed by atoms with Crippen molar-refractivity contribution in [2.24, 2.45) is 0 Å². The van der Waals surface area contributed by atoms with Gasteiger partial charge < -0.3 is 14.5 Å². The second-order valence-electron chi connectivity index (χ2n) is 9.64. The first-order chi connectivity index (χ1) is 19.3. The Labute approximate surface area is 244 Å². The summed E-state index contributed by atoms with van der Waals surface area (Å²) >= 11 is 6.76. The number of amides is 1. The van der Waals surface area contributed by atoms with Crippen molar-refractivity contribution < 1.29 is 13.9 Å². The molecule has 4 rings (SSSR count). The Kier molecular flexibility index (Phi) is 10.0. The van der Waals surface area contributed by atoms with Crippen LogP contribution in [-0.4, -0.2) is 65.6 Å². The second-order valence-corrected chi connectivity index (χ2v) is 11.3. The third-order valence-corrected chi connectivity index (χ3v) is 8.47. The molecule has 1 amide bonds. The Balaban J connectivity index is 1.71. The van der Waals surface area contributed by atoms with Crippen LogP contribution in [0.1, 0.15) is 43.4 Å². The number of nitriles is 1. The van der Waals surface area contributed by atoms with E-state index in [1.807, 2.05) is 13.8 Å². The summed E-state index contributed by atoms with van der Waals surface area (Å²) < 4.78 is 21.0. The van der Waals surface area contributed by atoms with Gasteiger partial charge in [0, 0.05) is 63.7 Å². The number of benzene rings is 1. The number of aromatic nitrogens is 1. The molecule has 0 atom stereocenters. The fourth-order valence-corrected chi connectivity index (χ4v) is 6.33. The molecule has 11 heteroatoms. The van der Waals surface area contributed by atoms with Crippen LogP contribution in [0.25, 0.3) is 6.08 Å². The van der Waals surface area contributed by atoms with E-state index in [4.69, 9.17) is 17.0 Å². The van der Waals surface area contributed by atoms with Crippen LogP contribution in [0.3, 0.4) is 0 Å². The van der Waals surface area contributed by atoms with Crippen molar-refractivity contribution in [1.29, 1.82) is 5.26 Å². The summed E-state index contributed by atoms with van der Waals surface area (Å²) in [4.78, 5) is 33.2. The zero-order chi connectivity index (χ0) is 28.8. The number of thioether (sulfide) groups is 1. The summed E-state index contributed by atoms with van der Waals surface area (Å²) in [5, 5.41) is 9.89. The van der Waals surface area contributed by atoms with Gasteiger partial charge in [0.1, 0.15) is 27.6 Å². The Bertz CT molecular complexity index is 1390. The number of carbonyl (C=O) groups is 1. The lowest BCUT2D eigenvalue weighted by Crippen LogP contribution is -2.48. The van der Waals surface area contributed by atoms with Gasteiger partial charge in [-0.05, 0) is 62.6 Å². The Morgan fingerprint density at radius 1 is 1.10 bits per heavy atom. The molecule has 212 valence electrons. The molecule has 2 aliphatic rings. The van der Waals surface area contributed by atoms with E-state index < -0.39 is 0 Å². The van der Waals surface area contributed by atoms with E-state index in [0.29, 0.717) is 91.5 Å². The van der Waals surface area contributed by atoms with Crippen molar-refractivity contribution in [3.8, 4) is 6.07 Å². The number of rotatable bonds is 10. The van der Waals surface area contributed by atoms with Gasteiger partial charge in [-0.25, -0.2) is 4.39 Å². The van der Waals surface area contributed by atoms with Gasteiger partial charge in [0.15, 0.2) is 0 Å². The minimum Gasteiger partial charge on any atom is -0.382 e. The summed E-state index contributed by atoms with van der Waals surface area (Å²) in [6, 6.07) is 8.54. The van der Waals surface area contributed by atoms with Gasteiger partial charge in [0.2, 0.25) is 0 Å². The maximum absolute atomic E-state index is 13.5.